The molecule has 0 saturated heterocycles. The lowest BCUT2D eigenvalue weighted by molar-refractivity contribution is -0.147. The number of hydrogen-bond donors (Lipinski definition) is 1. The molecule has 4 aromatic rings. The monoisotopic (exact) mass is 479 g/mol. The number of benzene rings is 2. The number of methoxy groups -OCH3 is 2. The molecule has 0 bridgehead atoms. The summed E-state index contributed by atoms with van der Waals surface area (Å²) in [6.45, 7) is -0.830. The van der Waals surface area contributed by atoms with E-state index in [1.54, 1.807) is 38.5 Å². The number of amides is 1. The number of thiophene rings is 1. The van der Waals surface area contributed by atoms with Crippen LogP contribution >= 0.6 is 11.3 Å². The molecule has 0 saturated carbocycles. The van der Waals surface area contributed by atoms with Crippen LogP contribution in [0, 0.1) is 0 Å². The van der Waals surface area contributed by atoms with Crippen LogP contribution in [0.5, 0.6) is 11.5 Å². The van der Waals surface area contributed by atoms with E-state index in [2.05, 4.69) is 10.3 Å². The Bertz CT molecular complexity index is 1380. The molecule has 2 heterocycles. The molecule has 0 radical (unpaired) electrons. The number of carbonyl (C=O) groups is 2. The summed E-state index contributed by atoms with van der Waals surface area (Å²) in [4.78, 5) is 42.3. The summed E-state index contributed by atoms with van der Waals surface area (Å²) in [6, 6.07) is 16.0. The topological polar surface area (TPSA) is 109 Å². The number of hydrogen-bond acceptors (Lipinski definition) is 8. The predicted molar refractivity (Wildman–Crippen MR) is 128 cm³/mol. The van der Waals surface area contributed by atoms with Crippen molar-refractivity contribution in [2.24, 2.45) is 0 Å². The number of ether oxygens (including phenoxy) is 3. The van der Waals surface area contributed by atoms with Gasteiger partial charge in [-0.25, -0.2) is 4.98 Å². The van der Waals surface area contributed by atoms with Crippen molar-refractivity contribution in [3.63, 3.8) is 0 Å². The number of carbonyl (C=O) groups excluding carboxylic acids is 2. The molecule has 2 aromatic heterocycles. The zero-order valence-electron chi connectivity index (χ0n) is 18.4. The van der Waals surface area contributed by atoms with Crippen LogP contribution in [0.3, 0.4) is 0 Å². The second-order valence-electron chi connectivity index (χ2n) is 7.17. The minimum Gasteiger partial charge on any atom is -0.497 e. The van der Waals surface area contributed by atoms with Gasteiger partial charge in [-0.15, -0.1) is 11.3 Å². The minimum absolute atomic E-state index is 0.352. The second kappa shape index (κ2) is 10.2. The Kier molecular flexibility index (Phi) is 6.88. The molecule has 0 spiro atoms. The van der Waals surface area contributed by atoms with Gasteiger partial charge in [-0.05, 0) is 60.2 Å². The normalized spacial score (nSPS) is 10.6. The van der Waals surface area contributed by atoms with Gasteiger partial charge < -0.3 is 19.5 Å². The fourth-order valence-corrected chi connectivity index (χ4v) is 4.22. The molecule has 9 nitrogen and oxygen atoms in total. The maximum atomic E-state index is 12.9. The van der Waals surface area contributed by atoms with E-state index in [1.165, 1.54) is 22.2 Å². The lowest BCUT2D eigenvalue weighted by atomic mass is 10.2. The summed E-state index contributed by atoms with van der Waals surface area (Å²) in [5.41, 5.74) is 1.66. The van der Waals surface area contributed by atoms with Gasteiger partial charge in [-0.1, -0.05) is 0 Å². The van der Waals surface area contributed by atoms with E-state index < -0.39 is 18.5 Å². The SMILES string of the molecule is COc1ccc(NC(=O)COC(=O)Cn2cnc3cc(-c4ccc(OC)cc4)sc3c2=O)cc1. The smallest absolute Gasteiger partial charge is 0.326 e. The van der Waals surface area contributed by atoms with Crippen molar-refractivity contribution in [2.75, 3.05) is 26.1 Å². The molecule has 0 atom stereocenters. The highest BCUT2D eigenvalue weighted by atomic mass is 32.1. The van der Waals surface area contributed by atoms with E-state index in [0.29, 0.717) is 21.7 Å². The summed E-state index contributed by atoms with van der Waals surface area (Å²) in [7, 11) is 3.14. The number of anilines is 1. The zero-order chi connectivity index (χ0) is 24.1. The molecule has 0 aliphatic carbocycles. The maximum absolute atomic E-state index is 12.9. The van der Waals surface area contributed by atoms with Crippen molar-refractivity contribution in [1.29, 1.82) is 0 Å². The third kappa shape index (κ3) is 5.24. The van der Waals surface area contributed by atoms with Gasteiger partial charge >= 0.3 is 5.97 Å². The van der Waals surface area contributed by atoms with Gasteiger partial charge in [0.05, 0.1) is 26.1 Å². The molecule has 1 N–H and O–H groups in total. The summed E-state index contributed by atoms with van der Waals surface area (Å²) in [5.74, 6) is 0.172. The first-order valence-electron chi connectivity index (χ1n) is 10.2. The average molecular weight is 480 g/mol. The largest absolute Gasteiger partial charge is 0.497 e. The van der Waals surface area contributed by atoms with Crippen molar-refractivity contribution < 1.29 is 23.8 Å². The van der Waals surface area contributed by atoms with E-state index in [0.717, 1.165) is 16.2 Å². The standard InChI is InChI=1S/C24H21N3O6S/c1-31-17-7-3-15(4-8-17)20-11-19-23(34-20)24(30)27(14-25-19)12-22(29)33-13-21(28)26-16-5-9-18(32-2)10-6-16/h3-11,14H,12-13H2,1-2H3,(H,26,28). The Morgan fingerprint density at radius 1 is 1.00 bits per heavy atom. The molecule has 10 heteroatoms. The van der Waals surface area contributed by atoms with Crippen LogP contribution in [0.25, 0.3) is 20.7 Å². The quantitative estimate of drug-likeness (QED) is 0.386. The van der Waals surface area contributed by atoms with Gasteiger partial charge in [0.1, 0.15) is 22.7 Å². The molecular formula is C24H21N3O6S. The Labute approximate surface area is 198 Å². The van der Waals surface area contributed by atoms with Gasteiger partial charge in [0, 0.05) is 10.6 Å². The molecule has 0 aliphatic heterocycles. The zero-order valence-corrected chi connectivity index (χ0v) is 19.3. The summed E-state index contributed by atoms with van der Waals surface area (Å²) >= 11 is 1.29. The number of rotatable bonds is 8. The van der Waals surface area contributed by atoms with Gasteiger partial charge in [-0.2, -0.15) is 0 Å². The molecular weight excluding hydrogens is 458 g/mol. The highest BCUT2D eigenvalue weighted by Crippen LogP contribution is 2.31. The van der Waals surface area contributed by atoms with Crippen LogP contribution in [-0.2, 0) is 20.9 Å². The van der Waals surface area contributed by atoms with E-state index >= 15 is 0 Å². The molecule has 34 heavy (non-hydrogen) atoms. The van der Waals surface area contributed by atoms with Crippen LogP contribution in [0.2, 0.25) is 0 Å². The molecule has 0 fully saturated rings. The molecule has 0 unspecified atom stereocenters. The molecule has 174 valence electrons. The third-order valence-corrected chi connectivity index (χ3v) is 6.08. The highest BCUT2D eigenvalue weighted by molar-refractivity contribution is 7.22. The minimum atomic E-state index is -0.722. The first-order chi connectivity index (χ1) is 16.5. The van der Waals surface area contributed by atoms with Crippen LogP contribution in [0.1, 0.15) is 0 Å². The Balaban J connectivity index is 1.39. The fraction of sp³-hybridized carbons (Fsp3) is 0.167. The van der Waals surface area contributed by atoms with Crippen molar-refractivity contribution >= 4 is 39.1 Å². The number of nitrogens with one attached hydrogen (secondary N) is 1. The van der Waals surface area contributed by atoms with Crippen LogP contribution in [0.15, 0.2) is 65.7 Å². The summed E-state index contributed by atoms with van der Waals surface area (Å²) < 4.78 is 16.8. The summed E-state index contributed by atoms with van der Waals surface area (Å²) in [6.07, 6.45) is 1.30. The van der Waals surface area contributed by atoms with Gasteiger partial charge in [0.15, 0.2) is 6.61 Å². The summed E-state index contributed by atoms with van der Waals surface area (Å²) in [5, 5.41) is 2.61. The highest BCUT2D eigenvalue weighted by Gasteiger charge is 2.14. The van der Waals surface area contributed by atoms with E-state index in [-0.39, 0.29) is 12.1 Å². The number of esters is 1. The van der Waals surface area contributed by atoms with E-state index in [1.807, 2.05) is 30.3 Å². The number of nitrogens with zero attached hydrogens (tertiary/aromatic N) is 2. The Morgan fingerprint density at radius 3 is 2.29 bits per heavy atom. The predicted octanol–water partition coefficient (Wildman–Crippen LogP) is 3.32. The molecule has 4 rings (SSSR count). The first-order valence-corrected chi connectivity index (χ1v) is 11.0. The Morgan fingerprint density at radius 2 is 1.65 bits per heavy atom. The molecule has 0 aliphatic rings. The molecule has 2 aromatic carbocycles. The average Bonchev–Trinajstić information content (AvgIpc) is 3.30. The van der Waals surface area contributed by atoms with E-state index in [4.69, 9.17) is 14.2 Å². The van der Waals surface area contributed by atoms with Crippen LogP contribution in [-0.4, -0.2) is 42.3 Å². The second-order valence-corrected chi connectivity index (χ2v) is 8.22. The molecule has 1 amide bonds. The third-order valence-electron chi connectivity index (χ3n) is 4.92. The lowest BCUT2D eigenvalue weighted by Crippen LogP contribution is -2.27. The number of fused-ring (bicyclic) bond motifs is 1. The van der Waals surface area contributed by atoms with E-state index in [9.17, 15) is 14.4 Å². The first kappa shape index (κ1) is 23.0. The van der Waals surface area contributed by atoms with Crippen molar-refractivity contribution in [3.8, 4) is 21.9 Å². The van der Waals surface area contributed by atoms with Gasteiger partial charge in [-0.3, -0.25) is 19.0 Å². The number of aromatic nitrogens is 2. The van der Waals surface area contributed by atoms with Gasteiger partial charge in [0.2, 0.25) is 0 Å². The van der Waals surface area contributed by atoms with Crippen molar-refractivity contribution in [3.05, 3.63) is 71.3 Å². The van der Waals surface area contributed by atoms with Gasteiger partial charge in [0.25, 0.3) is 11.5 Å². The fourth-order valence-electron chi connectivity index (χ4n) is 3.16. The Hall–Kier alpha value is -4.18. The lowest BCUT2D eigenvalue weighted by Gasteiger charge is -2.08. The van der Waals surface area contributed by atoms with Crippen LogP contribution in [0.4, 0.5) is 5.69 Å². The van der Waals surface area contributed by atoms with Crippen molar-refractivity contribution in [1.82, 2.24) is 9.55 Å². The van der Waals surface area contributed by atoms with Crippen molar-refractivity contribution in [2.45, 2.75) is 6.54 Å². The maximum Gasteiger partial charge on any atom is 0.326 e. The van der Waals surface area contributed by atoms with Crippen LogP contribution < -0.4 is 20.3 Å².